The van der Waals surface area contributed by atoms with Crippen molar-refractivity contribution in [1.29, 1.82) is 0 Å². The van der Waals surface area contributed by atoms with Crippen molar-refractivity contribution in [3.05, 3.63) is 83.2 Å². The first-order chi connectivity index (χ1) is 23.1. The van der Waals surface area contributed by atoms with E-state index < -0.39 is 17.6 Å². The SMILES string of the molecule is CCOc1cc(C(=O)NCc2nnc(SCC(=O)N3CCCc4ccccc43)n2-c2cccc(C(F)(F)F)c2)cc(OCC)c1OCC. The number of hydrogen-bond acceptors (Lipinski definition) is 8. The zero-order valence-corrected chi connectivity index (χ0v) is 27.6. The Labute approximate surface area is 280 Å². The molecule has 0 atom stereocenters. The number of nitrogens with one attached hydrogen (secondary N) is 1. The zero-order chi connectivity index (χ0) is 34.3. The molecule has 0 fully saturated rings. The Morgan fingerprint density at radius 3 is 2.31 bits per heavy atom. The largest absolute Gasteiger partial charge is 0.490 e. The van der Waals surface area contributed by atoms with Gasteiger partial charge in [0.15, 0.2) is 22.5 Å². The second-order valence-corrected chi connectivity index (χ2v) is 11.6. The number of benzene rings is 3. The van der Waals surface area contributed by atoms with Gasteiger partial charge in [0, 0.05) is 17.8 Å². The maximum atomic E-state index is 13.7. The first kappa shape index (κ1) is 34.6. The first-order valence-electron chi connectivity index (χ1n) is 15.6. The van der Waals surface area contributed by atoms with Gasteiger partial charge in [-0.3, -0.25) is 14.2 Å². The summed E-state index contributed by atoms with van der Waals surface area (Å²) < 4.78 is 59.7. The number of aryl methyl sites for hydroxylation is 1. The van der Waals surface area contributed by atoms with E-state index in [9.17, 15) is 22.8 Å². The summed E-state index contributed by atoms with van der Waals surface area (Å²) in [6, 6.07) is 15.5. The molecule has 0 spiro atoms. The van der Waals surface area contributed by atoms with Gasteiger partial charge in [0.25, 0.3) is 5.91 Å². The first-order valence-corrected chi connectivity index (χ1v) is 16.6. The molecule has 3 aromatic carbocycles. The van der Waals surface area contributed by atoms with Crippen LogP contribution in [0.15, 0.2) is 65.8 Å². The molecule has 48 heavy (non-hydrogen) atoms. The molecule has 2 heterocycles. The number of carbonyl (C=O) groups is 2. The van der Waals surface area contributed by atoms with Crippen LogP contribution in [0.2, 0.25) is 0 Å². The molecular formula is C34H36F3N5O5S. The van der Waals surface area contributed by atoms with Crippen molar-refractivity contribution in [3.8, 4) is 22.9 Å². The molecule has 0 saturated heterocycles. The molecule has 254 valence electrons. The number of hydrogen-bond donors (Lipinski definition) is 1. The monoisotopic (exact) mass is 683 g/mol. The van der Waals surface area contributed by atoms with E-state index in [0.717, 1.165) is 48.0 Å². The summed E-state index contributed by atoms with van der Waals surface area (Å²) in [5.41, 5.74) is 1.43. The predicted molar refractivity (Wildman–Crippen MR) is 175 cm³/mol. The predicted octanol–water partition coefficient (Wildman–Crippen LogP) is 6.48. The van der Waals surface area contributed by atoms with Crippen molar-refractivity contribution in [2.45, 2.75) is 51.5 Å². The van der Waals surface area contributed by atoms with Gasteiger partial charge < -0.3 is 24.4 Å². The third-order valence-electron chi connectivity index (χ3n) is 7.45. The average molecular weight is 684 g/mol. The zero-order valence-electron chi connectivity index (χ0n) is 26.8. The van der Waals surface area contributed by atoms with Gasteiger partial charge in [-0.05, 0) is 75.6 Å². The summed E-state index contributed by atoms with van der Waals surface area (Å²) in [7, 11) is 0. The maximum absolute atomic E-state index is 13.7. The third-order valence-corrected chi connectivity index (χ3v) is 8.36. The molecule has 10 nitrogen and oxygen atoms in total. The van der Waals surface area contributed by atoms with E-state index in [2.05, 4.69) is 15.5 Å². The maximum Gasteiger partial charge on any atom is 0.416 e. The lowest BCUT2D eigenvalue weighted by atomic mass is 10.0. The average Bonchev–Trinajstić information content (AvgIpc) is 3.49. The van der Waals surface area contributed by atoms with Crippen LogP contribution in [0.3, 0.4) is 0 Å². The molecular weight excluding hydrogens is 647 g/mol. The molecule has 5 rings (SSSR count). The Morgan fingerprint density at radius 1 is 0.917 bits per heavy atom. The smallest absolute Gasteiger partial charge is 0.416 e. The fraction of sp³-hybridized carbons (Fsp3) is 0.353. The Hall–Kier alpha value is -4.72. The highest BCUT2D eigenvalue weighted by Crippen LogP contribution is 2.39. The van der Waals surface area contributed by atoms with Gasteiger partial charge in [-0.2, -0.15) is 13.2 Å². The van der Waals surface area contributed by atoms with Crippen LogP contribution in [0.25, 0.3) is 5.69 Å². The van der Waals surface area contributed by atoms with Crippen molar-refractivity contribution in [3.63, 3.8) is 0 Å². The summed E-state index contributed by atoms with van der Waals surface area (Å²) >= 11 is 1.06. The number of thioether (sulfide) groups is 1. The fourth-order valence-electron chi connectivity index (χ4n) is 5.37. The van der Waals surface area contributed by atoms with Crippen molar-refractivity contribution in [2.24, 2.45) is 0 Å². The topological polar surface area (TPSA) is 108 Å². The van der Waals surface area contributed by atoms with Gasteiger partial charge in [0.1, 0.15) is 0 Å². The molecule has 1 N–H and O–H groups in total. The van der Waals surface area contributed by atoms with Crippen LogP contribution in [-0.2, 0) is 23.9 Å². The summed E-state index contributed by atoms with van der Waals surface area (Å²) in [5, 5.41) is 11.4. The normalized spacial score (nSPS) is 12.8. The standard InChI is InChI=1S/C34H36F3N5O5S/c1-4-45-27-17-23(18-28(46-5-2)31(27)47-6-3)32(44)38-20-29-39-40-33(42(29)25-14-9-13-24(19-25)34(35,36)37)48-21-30(43)41-16-10-12-22-11-7-8-15-26(22)41/h7-9,11,13-15,17-19H,4-6,10,12,16,20-21H2,1-3H3,(H,38,44). The Kier molecular flexibility index (Phi) is 11.1. The molecule has 0 radical (unpaired) electrons. The number of aromatic nitrogens is 3. The minimum atomic E-state index is -4.59. The minimum absolute atomic E-state index is 0.0234. The summed E-state index contributed by atoms with van der Waals surface area (Å²) in [6.45, 7) is 6.81. The lowest BCUT2D eigenvalue weighted by molar-refractivity contribution is -0.137. The molecule has 2 amide bonds. The molecule has 14 heteroatoms. The van der Waals surface area contributed by atoms with Crippen molar-refractivity contribution in [2.75, 3.05) is 37.0 Å². The number of rotatable bonds is 13. The van der Waals surface area contributed by atoms with Crippen molar-refractivity contribution >= 4 is 29.3 Å². The molecule has 1 aliphatic rings. The van der Waals surface area contributed by atoms with Gasteiger partial charge in [0.2, 0.25) is 11.7 Å². The summed E-state index contributed by atoms with van der Waals surface area (Å²) in [6.07, 6.45) is -2.89. The second-order valence-electron chi connectivity index (χ2n) is 10.6. The molecule has 1 aliphatic heterocycles. The Morgan fingerprint density at radius 2 is 1.62 bits per heavy atom. The number of halogens is 3. The number of anilines is 1. The second kappa shape index (κ2) is 15.5. The van der Waals surface area contributed by atoms with Crippen LogP contribution >= 0.6 is 11.8 Å². The highest BCUT2D eigenvalue weighted by Gasteiger charge is 2.31. The van der Waals surface area contributed by atoms with E-state index in [1.165, 1.54) is 28.8 Å². The molecule has 0 bridgehead atoms. The van der Waals surface area contributed by atoms with Crippen molar-refractivity contribution in [1.82, 2.24) is 20.1 Å². The third kappa shape index (κ3) is 7.87. The molecule has 0 unspecified atom stereocenters. The lowest BCUT2D eigenvalue weighted by Crippen LogP contribution is -2.36. The van der Waals surface area contributed by atoms with Gasteiger partial charge in [-0.25, -0.2) is 0 Å². The van der Waals surface area contributed by atoms with Gasteiger partial charge in [-0.1, -0.05) is 36.0 Å². The van der Waals surface area contributed by atoms with E-state index >= 15 is 0 Å². The molecule has 1 aromatic heterocycles. The van der Waals surface area contributed by atoms with Crippen LogP contribution in [0.4, 0.5) is 18.9 Å². The van der Waals surface area contributed by atoms with E-state index in [1.54, 1.807) is 18.7 Å². The van der Waals surface area contributed by atoms with Crippen LogP contribution in [-0.4, -0.2) is 58.7 Å². The summed E-state index contributed by atoms with van der Waals surface area (Å²) in [4.78, 5) is 28.5. The van der Waals surface area contributed by atoms with Crippen LogP contribution < -0.4 is 24.4 Å². The van der Waals surface area contributed by atoms with Crippen LogP contribution in [0.1, 0.15) is 54.5 Å². The minimum Gasteiger partial charge on any atom is -0.490 e. The number of para-hydroxylation sites is 1. The van der Waals surface area contributed by atoms with E-state index in [-0.39, 0.29) is 40.4 Å². The summed E-state index contributed by atoms with van der Waals surface area (Å²) in [5.74, 6) is 0.528. The quantitative estimate of drug-likeness (QED) is 0.160. The highest BCUT2D eigenvalue weighted by atomic mass is 32.2. The lowest BCUT2D eigenvalue weighted by Gasteiger charge is -2.29. The number of carbonyl (C=O) groups excluding carboxylic acids is 2. The Balaban J connectivity index is 1.42. The van der Waals surface area contributed by atoms with Crippen molar-refractivity contribution < 1.29 is 37.0 Å². The van der Waals surface area contributed by atoms with Gasteiger partial charge >= 0.3 is 6.18 Å². The van der Waals surface area contributed by atoms with Crippen LogP contribution in [0.5, 0.6) is 17.2 Å². The molecule has 0 aliphatic carbocycles. The highest BCUT2D eigenvalue weighted by molar-refractivity contribution is 7.99. The number of amides is 2. The number of fused-ring (bicyclic) bond motifs is 1. The van der Waals surface area contributed by atoms with Gasteiger partial charge in [0.05, 0.1) is 43.4 Å². The van der Waals surface area contributed by atoms with E-state index in [0.29, 0.717) is 43.6 Å². The molecule has 0 saturated carbocycles. The van der Waals surface area contributed by atoms with Crippen LogP contribution in [0, 0.1) is 0 Å². The number of alkyl halides is 3. The Bertz CT molecular complexity index is 1740. The molecule has 4 aromatic rings. The van der Waals surface area contributed by atoms with E-state index in [4.69, 9.17) is 14.2 Å². The number of nitrogens with zero attached hydrogens (tertiary/aromatic N) is 4. The van der Waals surface area contributed by atoms with E-state index in [1.807, 2.05) is 31.2 Å². The fourth-order valence-corrected chi connectivity index (χ4v) is 6.21. The van der Waals surface area contributed by atoms with Gasteiger partial charge in [-0.15, -0.1) is 10.2 Å². The number of ether oxygens (including phenoxy) is 3.